The van der Waals surface area contributed by atoms with Gasteiger partial charge < -0.3 is 5.32 Å². The summed E-state index contributed by atoms with van der Waals surface area (Å²) < 4.78 is 1.58. The maximum Gasteiger partial charge on any atom is 0.252 e. The molecule has 0 radical (unpaired) electrons. The Morgan fingerprint density at radius 1 is 1.25 bits per heavy atom. The molecule has 2 aromatic heterocycles. The molecule has 3 heterocycles. The lowest BCUT2D eigenvalue weighted by atomic mass is 9.86. The molecule has 1 aliphatic heterocycles. The molecule has 0 saturated heterocycles. The van der Waals surface area contributed by atoms with Crippen molar-refractivity contribution in [2.24, 2.45) is 0 Å². The van der Waals surface area contributed by atoms with Crippen molar-refractivity contribution in [3.8, 4) is 5.95 Å². The van der Waals surface area contributed by atoms with Crippen LogP contribution < -0.4 is 5.32 Å². The molecule has 0 unspecified atom stereocenters. The molecular weight excluding hydrogens is 326 g/mol. The van der Waals surface area contributed by atoms with E-state index in [9.17, 15) is 4.79 Å². The lowest BCUT2D eigenvalue weighted by Gasteiger charge is -2.24. The minimum atomic E-state index is -0.0927. The summed E-state index contributed by atoms with van der Waals surface area (Å²) in [5, 5.41) is 8.10. The fraction of sp³-hybridized carbons (Fsp3) is 0.176. The van der Waals surface area contributed by atoms with Crippen LogP contribution in [-0.4, -0.2) is 25.7 Å². The molecule has 4 rings (SSSR count). The van der Waals surface area contributed by atoms with Crippen molar-refractivity contribution in [3.63, 3.8) is 0 Å². The van der Waals surface area contributed by atoms with Crippen LogP contribution in [0.3, 0.4) is 0 Å². The number of carbonyl (C=O) groups excluding carboxylic acids is 1. The minimum absolute atomic E-state index is 0.0652. The van der Waals surface area contributed by atoms with Crippen molar-refractivity contribution >= 4 is 23.3 Å². The van der Waals surface area contributed by atoms with Crippen LogP contribution in [0.25, 0.3) is 5.95 Å². The second-order valence-electron chi connectivity index (χ2n) is 5.67. The Morgan fingerprint density at radius 3 is 2.79 bits per heavy atom. The fourth-order valence-electron chi connectivity index (χ4n) is 3.10. The zero-order valence-corrected chi connectivity index (χ0v) is 13.7. The third-order valence-electron chi connectivity index (χ3n) is 4.10. The van der Waals surface area contributed by atoms with E-state index in [1.54, 1.807) is 23.1 Å². The van der Waals surface area contributed by atoms with Gasteiger partial charge >= 0.3 is 0 Å². The van der Waals surface area contributed by atoms with Gasteiger partial charge in [-0.15, -0.1) is 0 Å². The molecule has 1 amide bonds. The van der Waals surface area contributed by atoms with Crippen LogP contribution >= 0.6 is 11.6 Å². The standard InChI is InChI=1S/C17H14ClN5O/c1-10-15-13(11-4-2-5-12(18)8-11)9-14(24)21-16(15)23(22-10)17-19-6-3-7-20-17/h2-8,13H,9H2,1H3,(H,21,24)/t13-/m0/s1. The number of fused-ring (bicyclic) bond motifs is 1. The van der Waals surface area contributed by atoms with Gasteiger partial charge in [0.25, 0.3) is 5.95 Å². The predicted octanol–water partition coefficient (Wildman–Crippen LogP) is 3.10. The third-order valence-corrected chi connectivity index (χ3v) is 4.33. The van der Waals surface area contributed by atoms with Crippen LogP contribution in [0.4, 0.5) is 5.82 Å². The number of halogens is 1. The van der Waals surface area contributed by atoms with E-state index in [4.69, 9.17) is 11.6 Å². The molecule has 3 aromatic rings. The van der Waals surface area contributed by atoms with Gasteiger partial charge in [0.05, 0.1) is 5.69 Å². The average Bonchev–Trinajstić information content (AvgIpc) is 2.91. The number of nitrogens with zero attached hydrogens (tertiary/aromatic N) is 4. The van der Waals surface area contributed by atoms with E-state index in [1.165, 1.54) is 0 Å². The normalized spacial score (nSPS) is 16.6. The van der Waals surface area contributed by atoms with Crippen LogP contribution in [0, 0.1) is 6.92 Å². The molecule has 1 N–H and O–H groups in total. The summed E-state index contributed by atoms with van der Waals surface area (Å²) in [6.07, 6.45) is 3.64. The largest absolute Gasteiger partial charge is 0.310 e. The van der Waals surface area contributed by atoms with Gasteiger partial charge in [-0.3, -0.25) is 4.79 Å². The van der Waals surface area contributed by atoms with Crippen molar-refractivity contribution in [2.75, 3.05) is 5.32 Å². The molecular formula is C17H14ClN5O. The SMILES string of the molecule is Cc1nn(-c2ncccn2)c2c1[C@H](c1cccc(Cl)c1)CC(=O)N2. The van der Waals surface area contributed by atoms with E-state index >= 15 is 0 Å². The minimum Gasteiger partial charge on any atom is -0.310 e. The van der Waals surface area contributed by atoms with Crippen LogP contribution in [0.2, 0.25) is 5.02 Å². The molecule has 1 aliphatic rings. The Bertz CT molecular complexity index is 922. The molecule has 0 bridgehead atoms. The molecule has 0 fully saturated rings. The van der Waals surface area contributed by atoms with Crippen molar-refractivity contribution < 1.29 is 4.79 Å². The van der Waals surface area contributed by atoms with Crippen LogP contribution in [-0.2, 0) is 4.79 Å². The smallest absolute Gasteiger partial charge is 0.252 e. The highest BCUT2D eigenvalue weighted by molar-refractivity contribution is 6.30. The molecule has 0 spiro atoms. The van der Waals surface area contributed by atoms with Gasteiger partial charge in [0, 0.05) is 35.3 Å². The number of aryl methyl sites for hydroxylation is 1. The number of carbonyl (C=O) groups is 1. The van der Waals surface area contributed by atoms with E-state index in [0.717, 1.165) is 16.8 Å². The number of hydrogen-bond acceptors (Lipinski definition) is 4. The van der Waals surface area contributed by atoms with Crippen molar-refractivity contribution in [1.29, 1.82) is 0 Å². The van der Waals surface area contributed by atoms with Gasteiger partial charge in [0.15, 0.2) is 0 Å². The summed E-state index contributed by atoms with van der Waals surface area (Å²) in [7, 11) is 0. The van der Waals surface area contributed by atoms with Gasteiger partial charge in [-0.05, 0) is 30.7 Å². The topological polar surface area (TPSA) is 72.7 Å². The van der Waals surface area contributed by atoms with Gasteiger partial charge in [0.1, 0.15) is 5.82 Å². The first-order chi connectivity index (χ1) is 11.6. The van der Waals surface area contributed by atoms with E-state index in [2.05, 4.69) is 20.4 Å². The number of nitrogens with one attached hydrogen (secondary N) is 1. The van der Waals surface area contributed by atoms with E-state index in [-0.39, 0.29) is 11.8 Å². The second kappa shape index (κ2) is 5.72. The zero-order chi connectivity index (χ0) is 16.7. The summed E-state index contributed by atoms with van der Waals surface area (Å²) in [5.74, 6) is 0.892. The highest BCUT2D eigenvalue weighted by Crippen LogP contribution is 2.40. The first-order valence-corrected chi connectivity index (χ1v) is 7.93. The van der Waals surface area contributed by atoms with Crippen LogP contribution in [0.5, 0.6) is 0 Å². The Kier molecular flexibility index (Phi) is 3.54. The maximum absolute atomic E-state index is 12.3. The lowest BCUT2D eigenvalue weighted by Crippen LogP contribution is -2.25. The van der Waals surface area contributed by atoms with Crippen LogP contribution in [0.1, 0.15) is 29.2 Å². The van der Waals surface area contributed by atoms with Crippen LogP contribution in [0.15, 0.2) is 42.7 Å². The summed E-state index contributed by atoms with van der Waals surface area (Å²) in [4.78, 5) is 20.7. The lowest BCUT2D eigenvalue weighted by molar-refractivity contribution is -0.116. The van der Waals surface area contributed by atoms with Crippen molar-refractivity contribution in [3.05, 3.63) is 64.6 Å². The van der Waals surface area contributed by atoms with Gasteiger partial charge in [-0.1, -0.05) is 23.7 Å². The summed E-state index contributed by atoms with van der Waals surface area (Å²) in [6, 6.07) is 9.33. The quantitative estimate of drug-likeness (QED) is 0.778. The molecule has 7 heteroatoms. The molecule has 24 heavy (non-hydrogen) atoms. The number of anilines is 1. The maximum atomic E-state index is 12.3. The zero-order valence-electron chi connectivity index (χ0n) is 12.9. The number of rotatable bonds is 2. The highest BCUT2D eigenvalue weighted by Gasteiger charge is 2.33. The molecule has 1 aromatic carbocycles. The Hall–Kier alpha value is -2.73. The average molecular weight is 340 g/mol. The molecule has 0 aliphatic carbocycles. The van der Waals surface area contributed by atoms with Crippen molar-refractivity contribution in [1.82, 2.24) is 19.7 Å². The summed E-state index contributed by atoms with van der Waals surface area (Å²) in [5.41, 5.74) is 2.81. The van der Waals surface area contributed by atoms with Gasteiger partial charge in [0.2, 0.25) is 5.91 Å². The summed E-state index contributed by atoms with van der Waals surface area (Å²) in [6.45, 7) is 1.92. The number of aromatic nitrogens is 4. The monoisotopic (exact) mass is 339 g/mol. The van der Waals surface area contributed by atoms with E-state index in [0.29, 0.717) is 23.2 Å². The third kappa shape index (κ3) is 2.45. The first kappa shape index (κ1) is 14.8. The van der Waals surface area contributed by atoms with Crippen molar-refractivity contribution in [2.45, 2.75) is 19.3 Å². The second-order valence-corrected chi connectivity index (χ2v) is 6.10. The number of amides is 1. The molecule has 0 saturated carbocycles. The van der Waals surface area contributed by atoms with E-state index < -0.39 is 0 Å². The fourth-order valence-corrected chi connectivity index (χ4v) is 3.30. The Morgan fingerprint density at radius 2 is 2.04 bits per heavy atom. The molecule has 1 atom stereocenters. The van der Waals surface area contributed by atoms with Gasteiger partial charge in [-0.25, -0.2) is 9.97 Å². The molecule has 6 nitrogen and oxygen atoms in total. The number of benzene rings is 1. The summed E-state index contributed by atoms with van der Waals surface area (Å²) >= 11 is 6.13. The predicted molar refractivity (Wildman–Crippen MR) is 90.4 cm³/mol. The van der Waals surface area contributed by atoms with Gasteiger partial charge in [-0.2, -0.15) is 9.78 Å². The number of hydrogen-bond donors (Lipinski definition) is 1. The first-order valence-electron chi connectivity index (χ1n) is 7.55. The Labute approximate surface area is 143 Å². The highest BCUT2D eigenvalue weighted by atomic mass is 35.5. The Balaban J connectivity index is 1.89. The molecule has 120 valence electrons. The van der Waals surface area contributed by atoms with E-state index in [1.807, 2.05) is 31.2 Å².